The molecule has 6 heteroatoms. The van der Waals surface area contributed by atoms with Gasteiger partial charge in [0, 0.05) is 17.8 Å². The Bertz CT molecular complexity index is 344. The van der Waals surface area contributed by atoms with E-state index in [2.05, 4.69) is 16.6 Å². The number of esters is 1. The van der Waals surface area contributed by atoms with Crippen molar-refractivity contribution >= 4 is 11.9 Å². The third kappa shape index (κ3) is 2.11. The first-order chi connectivity index (χ1) is 6.57. The Morgan fingerprint density at radius 3 is 2.86 bits per heavy atom. The molecule has 0 heterocycles. The Hall–Kier alpha value is -1.81. The third-order valence-electron chi connectivity index (χ3n) is 2.04. The maximum atomic E-state index is 11.0. The van der Waals surface area contributed by atoms with Gasteiger partial charge in [-0.1, -0.05) is 12.2 Å². The van der Waals surface area contributed by atoms with E-state index in [1.54, 1.807) is 0 Å². The average molecular weight is 195 g/mol. The maximum absolute atomic E-state index is 11.0. The summed E-state index contributed by atoms with van der Waals surface area (Å²) < 4.78 is 4.71. The van der Waals surface area contributed by atoms with E-state index in [0.717, 1.165) is 0 Å². The van der Waals surface area contributed by atoms with E-state index >= 15 is 0 Å². The molecule has 1 rings (SSSR count). The lowest BCUT2D eigenvalue weighted by atomic mass is 10.3. The van der Waals surface area contributed by atoms with Gasteiger partial charge in [-0.2, -0.15) is 0 Å². The van der Waals surface area contributed by atoms with Gasteiger partial charge in [-0.05, 0) is 10.6 Å². The molecule has 0 saturated heterocycles. The molecule has 0 bridgehead atoms. The highest BCUT2D eigenvalue weighted by Crippen LogP contribution is 2.45. The summed E-state index contributed by atoms with van der Waals surface area (Å²) in [6, 6.07) is 0. The van der Waals surface area contributed by atoms with Crippen LogP contribution < -0.4 is 0 Å². The summed E-state index contributed by atoms with van der Waals surface area (Å²) in [7, 11) is 0. The fourth-order valence-corrected chi connectivity index (χ4v) is 1.22. The van der Waals surface area contributed by atoms with Gasteiger partial charge in [-0.15, -0.1) is 0 Å². The van der Waals surface area contributed by atoms with Crippen molar-refractivity contribution in [2.24, 2.45) is 17.0 Å². The molecule has 0 N–H and O–H groups in total. The molecule has 0 aromatic rings. The number of rotatable bonds is 3. The number of ether oxygens (including phenoxy) is 1. The van der Waals surface area contributed by atoms with Crippen LogP contribution >= 0.6 is 0 Å². The van der Waals surface area contributed by atoms with Crippen molar-refractivity contribution in [3.05, 3.63) is 22.6 Å². The summed E-state index contributed by atoms with van der Waals surface area (Å²) in [5.41, 5.74) is 8.68. The minimum absolute atomic E-state index is 0.130. The third-order valence-corrected chi connectivity index (χ3v) is 2.04. The lowest BCUT2D eigenvalue weighted by Gasteiger charge is -1.97. The second-order valence-corrected chi connectivity index (χ2v) is 2.99. The molecule has 14 heavy (non-hydrogen) atoms. The summed E-state index contributed by atoms with van der Waals surface area (Å²) in [6.07, 6.45) is 0. The molecule has 6 nitrogen and oxygen atoms in total. The van der Waals surface area contributed by atoms with Gasteiger partial charge in [0.2, 0.25) is 5.91 Å². The van der Waals surface area contributed by atoms with Crippen LogP contribution in [0.4, 0.5) is 0 Å². The molecular formula is C8H9N3O3. The monoisotopic (exact) mass is 195 g/mol. The highest BCUT2D eigenvalue weighted by Gasteiger charge is 2.47. The fourth-order valence-electron chi connectivity index (χ4n) is 1.22. The molecule has 0 aromatic carbocycles. The van der Waals surface area contributed by atoms with Crippen LogP contribution in [0.25, 0.3) is 10.4 Å². The van der Waals surface area contributed by atoms with Crippen LogP contribution in [-0.2, 0) is 14.3 Å². The second-order valence-electron chi connectivity index (χ2n) is 2.99. The van der Waals surface area contributed by atoms with Gasteiger partial charge in [-0.3, -0.25) is 9.59 Å². The molecule has 2 atom stereocenters. The predicted octanol–water partition coefficient (Wildman–Crippen LogP) is 1.19. The standard InChI is InChI=1S/C8H9N3O3/c1-4-6(3-14-5(2)12)7(4)8(13)10-11-9/h6-7H,1,3H2,2H3. The van der Waals surface area contributed by atoms with Crippen molar-refractivity contribution in [3.63, 3.8) is 0 Å². The molecule has 0 spiro atoms. The van der Waals surface area contributed by atoms with Gasteiger partial charge in [0.05, 0.1) is 12.5 Å². The van der Waals surface area contributed by atoms with E-state index in [9.17, 15) is 9.59 Å². The van der Waals surface area contributed by atoms with Crippen molar-refractivity contribution in [2.45, 2.75) is 6.92 Å². The summed E-state index contributed by atoms with van der Waals surface area (Å²) >= 11 is 0. The molecule has 0 radical (unpaired) electrons. The molecule has 1 saturated carbocycles. The van der Waals surface area contributed by atoms with Crippen LogP contribution in [-0.4, -0.2) is 18.5 Å². The van der Waals surface area contributed by atoms with Crippen LogP contribution in [0.1, 0.15) is 6.92 Å². The quantitative estimate of drug-likeness (QED) is 0.222. The number of hydrogen-bond acceptors (Lipinski definition) is 3. The average Bonchev–Trinajstić information content (AvgIpc) is 2.73. The van der Waals surface area contributed by atoms with Crippen molar-refractivity contribution in [2.75, 3.05) is 6.61 Å². The number of nitrogens with zero attached hydrogens (tertiary/aromatic N) is 3. The summed E-state index contributed by atoms with van der Waals surface area (Å²) in [5, 5.41) is 2.95. The molecule has 2 unspecified atom stereocenters. The lowest BCUT2D eigenvalue weighted by molar-refractivity contribution is -0.141. The van der Waals surface area contributed by atoms with Crippen molar-refractivity contribution in [1.29, 1.82) is 0 Å². The Kier molecular flexibility index (Phi) is 2.89. The van der Waals surface area contributed by atoms with Gasteiger partial charge in [0.1, 0.15) is 0 Å². The summed E-state index contributed by atoms with van der Waals surface area (Å²) in [4.78, 5) is 23.9. The van der Waals surface area contributed by atoms with Crippen LogP contribution in [0.2, 0.25) is 0 Å². The van der Waals surface area contributed by atoms with Crippen LogP contribution in [0, 0.1) is 11.8 Å². The molecule has 0 aromatic heterocycles. The molecular weight excluding hydrogens is 186 g/mol. The van der Waals surface area contributed by atoms with Crippen LogP contribution in [0.5, 0.6) is 0 Å². The smallest absolute Gasteiger partial charge is 0.302 e. The molecule has 1 aliphatic rings. The summed E-state index contributed by atoms with van der Waals surface area (Å²) in [5.74, 6) is -1.61. The van der Waals surface area contributed by atoms with E-state index in [-0.39, 0.29) is 12.5 Å². The Labute approximate surface area is 80.2 Å². The Balaban J connectivity index is 2.46. The van der Waals surface area contributed by atoms with E-state index in [1.165, 1.54) is 6.92 Å². The van der Waals surface area contributed by atoms with Gasteiger partial charge >= 0.3 is 5.97 Å². The predicted molar refractivity (Wildman–Crippen MR) is 46.9 cm³/mol. The van der Waals surface area contributed by atoms with Gasteiger partial charge in [0.15, 0.2) is 0 Å². The normalized spacial score (nSPS) is 23.6. The molecule has 1 fully saturated rings. The first-order valence-electron chi connectivity index (χ1n) is 3.99. The zero-order valence-corrected chi connectivity index (χ0v) is 7.64. The highest BCUT2D eigenvalue weighted by atomic mass is 16.5. The minimum atomic E-state index is -0.561. The maximum Gasteiger partial charge on any atom is 0.302 e. The lowest BCUT2D eigenvalue weighted by Crippen LogP contribution is -2.05. The zero-order valence-electron chi connectivity index (χ0n) is 7.64. The zero-order chi connectivity index (χ0) is 10.7. The molecule has 1 amide bonds. The number of azide groups is 1. The molecule has 0 aliphatic heterocycles. The molecule has 74 valence electrons. The highest BCUT2D eigenvalue weighted by molar-refractivity contribution is 5.87. The van der Waals surface area contributed by atoms with Crippen LogP contribution in [0.15, 0.2) is 17.3 Å². The Morgan fingerprint density at radius 2 is 2.36 bits per heavy atom. The first kappa shape index (κ1) is 10.3. The number of amides is 1. The first-order valence-corrected chi connectivity index (χ1v) is 3.99. The minimum Gasteiger partial charge on any atom is -0.465 e. The van der Waals surface area contributed by atoms with Crippen molar-refractivity contribution in [3.8, 4) is 0 Å². The van der Waals surface area contributed by atoms with Gasteiger partial charge < -0.3 is 4.74 Å². The number of carbonyl (C=O) groups is 2. The van der Waals surface area contributed by atoms with Crippen LogP contribution in [0.3, 0.4) is 0 Å². The largest absolute Gasteiger partial charge is 0.465 e. The van der Waals surface area contributed by atoms with E-state index in [1.807, 2.05) is 0 Å². The second kappa shape index (κ2) is 3.93. The SMILES string of the molecule is C=C1C(COC(C)=O)C1C(=O)N=[N+]=[N-]. The van der Waals surface area contributed by atoms with Gasteiger partial charge in [-0.25, -0.2) is 0 Å². The summed E-state index contributed by atoms with van der Waals surface area (Å²) in [6.45, 7) is 5.03. The Morgan fingerprint density at radius 1 is 1.71 bits per heavy atom. The van der Waals surface area contributed by atoms with E-state index in [4.69, 9.17) is 10.3 Å². The number of carbonyl (C=O) groups excluding carboxylic acids is 2. The fraction of sp³-hybridized carbons (Fsp3) is 0.500. The van der Waals surface area contributed by atoms with Crippen molar-refractivity contribution in [1.82, 2.24) is 0 Å². The molecule has 1 aliphatic carbocycles. The number of hydrogen-bond donors (Lipinski definition) is 0. The van der Waals surface area contributed by atoms with Crippen molar-refractivity contribution < 1.29 is 14.3 Å². The van der Waals surface area contributed by atoms with E-state index in [0.29, 0.717) is 5.57 Å². The topological polar surface area (TPSA) is 92.1 Å². The van der Waals surface area contributed by atoms with E-state index < -0.39 is 17.8 Å². The van der Waals surface area contributed by atoms with Gasteiger partial charge in [0.25, 0.3) is 0 Å².